The first-order valence-electron chi connectivity index (χ1n) is 8.06. The molecule has 0 atom stereocenters. The van der Waals surface area contributed by atoms with E-state index < -0.39 is 30.8 Å². The monoisotopic (exact) mass is 412 g/mol. The normalized spacial score (nSPS) is 11.1. The van der Waals surface area contributed by atoms with E-state index in [0.29, 0.717) is 5.69 Å². The lowest BCUT2D eigenvalue weighted by Gasteiger charge is -2.15. The highest BCUT2D eigenvalue weighted by molar-refractivity contribution is 6.04. The average Bonchev–Trinajstić information content (AvgIpc) is 2.65. The molecule has 0 aliphatic carbocycles. The van der Waals surface area contributed by atoms with Gasteiger partial charge in [0.15, 0.2) is 0 Å². The van der Waals surface area contributed by atoms with Gasteiger partial charge in [-0.15, -0.1) is 0 Å². The van der Waals surface area contributed by atoms with Crippen molar-refractivity contribution < 1.29 is 36.6 Å². The number of carbonyl (C=O) groups excluding carboxylic acids is 2. The summed E-state index contributed by atoms with van der Waals surface area (Å²) in [6.07, 6.45) is 2.28. The van der Waals surface area contributed by atoms with E-state index in [-0.39, 0.29) is 16.9 Å². The van der Waals surface area contributed by atoms with Gasteiger partial charge in [-0.2, -0.15) is 17.6 Å². The fraction of sp³-hybridized carbons (Fsp3) is 0.158. The van der Waals surface area contributed by atoms with Crippen molar-refractivity contribution in [2.45, 2.75) is 13.2 Å². The summed E-state index contributed by atoms with van der Waals surface area (Å²) in [5.74, 6) is -1.94. The summed E-state index contributed by atoms with van der Waals surface area (Å²) in [5, 5.41) is 0. The Morgan fingerprint density at radius 2 is 1.62 bits per heavy atom. The quantitative estimate of drug-likeness (QED) is 0.530. The van der Waals surface area contributed by atoms with Crippen LogP contribution in [0.2, 0.25) is 0 Å². The highest BCUT2D eigenvalue weighted by atomic mass is 19.3. The topological polar surface area (TPSA) is 81.9 Å². The molecule has 154 valence electrons. The van der Waals surface area contributed by atoms with Crippen LogP contribution >= 0.6 is 0 Å². The summed E-state index contributed by atoms with van der Waals surface area (Å²) < 4.78 is 58.2. The number of rotatable bonds is 8. The third-order valence-corrected chi connectivity index (χ3v) is 3.70. The van der Waals surface area contributed by atoms with Gasteiger partial charge in [0.2, 0.25) is 5.91 Å². The summed E-state index contributed by atoms with van der Waals surface area (Å²) in [5.41, 5.74) is 5.93. The molecule has 2 rings (SSSR count). The van der Waals surface area contributed by atoms with Crippen molar-refractivity contribution >= 4 is 23.6 Å². The van der Waals surface area contributed by atoms with Crippen molar-refractivity contribution in [2.75, 3.05) is 11.9 Å². The van der Waals surface area contributed by atoms with Gasteiger partial charge in [0.1, 0.15) is 11.5 Å². The second-order valence-electron chi connectivity index (χ2n) is 5.60. The Kier molecular flexibility index (Phi) is 7.18. The van der Waals surface area contributed by atoms with Crippen LogP contribution in [-0.4, -0.2) is 32.1 Å². The van der Waals surface area contributed by atoms with E-state index in [1.54, 1.807) is 0 Å². The number of ether oxygens (including phenoxy) is 2. The Bertz CT molecular complexity index is 902. The Morgan fingerprint density at radius 1 is 1.00 bits per heavy atom. The molecular weight excluding hydrogens is 396 g/mol. The van der Waals surface area contributed by atoms with Gasteiger partial charge in [-0.05, 0) is 42.5 Å². The number of nitrogens with zero attached hydrogens (tertiary/aromatic N) is 1. The van der Waals surface area contributed by atoms with Crippen molar-refractivity contribution in [3.05, 3.63) is 59.7 Å². The van der Waals surface area contributed by atoms with Crippen molar-refractivity contribution in [1.82, 2.24) is 0 Å². The first-order valence-corrected chi connectivity index (χ1v) is 8.06. The average molecular weight is 412 g/mol. The highest BCUT2D eigenvalue weighted by Crippen LogP contribution is 2.28. The molecule has 2 N–H and O–H groups in total. The molecule has 0 radical (unpaired) electrons. The fourth-order valence-electron chi connectivity index (χ4n) is 2.28. The van der Waals surface area contributed by atoms with E-state index in [2.05, 4.69) is 9.47 Å². The molecule has 0 saturated heterocycles. The van der Waals surface area contributed by atoms with Crippen LogP contribution < -0.4 is 20.1 Å². The molecule has 0 unspecified atom stereocenters. The lowest BCUT2D eigenvalue weighted by Crippen LogP contribution is -2.24. The molecule has 0 aromatic heterocycles. The van der Waals surface area contributed by atoms with Gasteiger partial charge in [0.25, 0.3) is 5.91 Å². The van der Waals surface area contributed by atoms with Gasteiger partial charge in [-0.25, -0.2) is 0 Å². The number of primary amides is 1. The van der Waals surface area contributed by atoms with E-state index in [4.69, 9.17) is 5.73 Å². The molecule has 10 heteroatoms. The molecular formula is C19H16F4N2O4. The standard InChI is InChI=1S/C19H16F4N2O4/c1-25(13-6-2-12(3-7-13)17(24)27)16(26)9-5-11-4-8-14(28-18(20)21)10-15(11)29-19(22)23/h2-10,18-19H,1H3,(H2,24,27)/b9-5-. The maximum atomic E-state index is 12.6. The van der Waals surface area contributed by atoms with Gasteiger partial charge in [-0.3, -0.25) is 9.59 Å². The molecule has 2 aromatic carbocycles. The maximum absolute atomic E-state index is 12.6. The predicted octanol–water partition coefficient (Wildman–Crippen LogP) is 3.66. The third kappa shape index (κ3) is 6.23. The Hall–Kier alpha value is -3.56. The minimum Gasteiger partial charge on any atom is -0.435 e. The number of anilines is 1. The molecule has 2 aromatic rings. The Balaban J connectivity index is 2.19. The molecule has 6 nitrogen and oxygen atoms in total. The van der Waals surface area contributed by atoms with Crippen molar-refractivity contribution in [3.8, 4) is 11.5 Å². The van der Waals surface area contributed by atoms with E-state index in [1.165, 1.54) is 48.4 Å². The third-order valence-electron chi connectivity index (χ3n) is 3.70. The molecule has 29 heavy (non-hydrogen) atoms. The molecule has 0 spiro atoms. The number of carbonyl (C=O) groups is 2. The number of hydrogen-bond donors (Lipinski definition) is 1. The first kappa shape index (κ1) is 21.7. The van der Waals surface area contributed by atoms with Crippen LogP contribution in [0.5, 0.6) is 11.5 Å². The zero-order valence-corrected chi connectivity index (χ0v) is 15.0. The maximum Gasteiger partial charge on any atom is 0.387 e. The lowest BCUT2D eigenvalue weighted by atomic mass is 10.1. The lowest BCUT2D eigenvalue weighted by molar-refractivity contribution is -0.113. The Morgan fingerprint density at radius 3 is 2.17 bits per heavy atom. The van der Waals surface area contributed by atoms with Gasteiger partial charge in [0.05, 0.1) is 0 Å². The second kappa shape index (κ2) is 9.58. The van der Waals surface area contributed by atoms with Crippen molar-refractivity contribution in [2.24, 2.45) is 5.73 Å². The summed E-state index contributed by atoms with van der Waals surface area (Å²) in [7, 11) is 1.46. The molecule has 0 saturated carbocycles. The zero-order chi connectivity index (χ0) is 21.6. The van der Waals surface area contributed by atoms with Crippen molar-refractivity contribution in [3.63, 3.8) is 0 Å². The minimum absolute atomic E-state index is 0.0535. The molecule has 0 aliphatic heterocycles. The highest BCUT2D eigenvalue weighted by Gasteiger charge is 2.13. The van der Waals surface area contributed by atoms with Gasteiger partial charge in [0, 0.05) is 36.0 Å². The number of amides is 2. The van der Waals surface area contributed by atoms with E-state index in [9.17, 15) is 27.2 Å². The zero-order valence-electron chi connectivity index (χ0n) is 15.0. The SMILES string of the molecule is CN(C(=O)/C=C\c1ccc(OC(F)F)cc1OC(F)F)c1ccc(C(N)=O)cc1. The predicted molar refractivity (Wildman–Crippen MR) is 97.1 cm³/mol. The fourth-order valence-corrected chi connectivity index (χ4v) is 2.28. The number of halogens is 4. The number of nitrogens with two attached hydrogens (primary N) is 1. The molecule has 0 bridgehead atoms. The summed E-state index contributed by atoms with van der Waals surface area (Å²) in [6.45, 7) is -6.34. The van der Waals surface area contributed by atoms with Crippen LogP contribution in [0.4, 0.5) is 23.2 Å². The molecule has 0 fully saturated rings. The number of alkyl halides is 4. The van der Waals surface area contributed by atoms with Crippen LogP contribution in [0.25, 0.3) is 6.08 Å². The number of benzene rings is 2. The van der Waals surface area contributed by atoms with Crippen LogP contribution in [-0.2, 0) is 4.79 Å². The van der Waals surface area contributed by atoms with Gasteiger partial charge < -0.3 is 20.1 Å². The second-order valence-corrected chi connectivity index (χ2v) is 5.60. The first-order chi connectivity index (χ1) is 13.7. The van der Waals surface area contributed by atoms with Crippen LogP contribution in [0.3, 0.4) is 0 Å². The van der Waals surface area contributed by atoms with Crippen LogP contribution in [0, 0.1) is 0 Å². The Labute approximate surface area is 163 Å². The van der Waals surface area contributed by atoms with Gasteiger partial charge >= 0.3 is 13.2 Å². The molecule has 0 aliphatic rings. The van der Waals surface area contributed by atoms with E-state index in [1.807, 2.05) is 0 Å². The van der Waals surface area contributed by atoms with Crippen LogP contribution in [0.1, 0.15) is 15.9 Å². The van der Waals surface area contributed by atoms with E-state index >= 15 is 0 Å². The summed E-state index contributed by atoms with van der Waals surface area (Å²) in [6, 6.07) is 9.10. The smallest absolute Gasteiger partial charge is 0.387 e. The van der Waals surface area contributed by atoms with Crippen LogP contribution in [0.15, 0.2) is 48.5 Å². The summed E-state index contributed by atoms with van der Waals surface area (Å²) in [4.78, 5) is 24.6. The molecule has 0 heterocycles. The van der Waals surface area contributed by atoms with Gasteiger partial charge in [-0.1, -0.05) is 0 Å². The molecule has 2 amide bonds. The minimum atomic E-state index is -3.20. The van der Waals surface area contributed by atoms with E-state index in [0.717, 1.165) is 18.2 Å². The largest absolute Gasteiger partial charge is 0.435 e. The number of likely N-dealkylation sites (N-methyl/N-ethyl adjacent to an activating group) is 1. The summed E-state index contributed by atoms with van der Waals surface area (Å²) >= 11 is 0. The number of hydrogen-bond acceptors (Lipinski definition) is 4. The van der Waals surface area contributed by atoms with Crippen molar-refractivity contribution in [1.29, 1.82) is 0 Å².